The summed E-state index contributed by atoms with van der Waals surface area (Å²) in [4.78, 5) is 43.1. The summed E-state index contributed by atoms with van der Waals surface area (Å²) in [5.41, 5.74) is 2.86. The van der Waals surface area contributed by atoms with Crippen LogP contribution < -0.4 is 0 Å². The number of nitrogens with zero attached hydrogens (tertiary/aromatic N) is 2. The predicted molar refractivity (Wildman–Crippen MR) is 121 cm³/mol. The van der Waals surface area contributed by atoms with Crippen molar-refractivity contribution >= 4 is 17.7 Å². The van der Waals surface area contributed by atoms with Crippen LogP contribution in [0.4, 0.5) is 0 Å². The van der Waals surface area contributed by atoms with Crippen LogP contribution in [-0.4, -0.2) is 46.7 Å². The maximum atomic E-state index is 13.7. The van der Waals surface area contributed by atoms with E-state index in [0.717, 1.165) is 12.0 Å². The molecular formula is C27H24N2O3. The standard InChI is InChI=1S/C27H24N2O3/c30-25-22-13-7-8-14-23(22)26(31)29(25)24(17-19-9-3-1-4-10-19)27(32)28-16-15-21(18-28)20-11-5-2-6-12-20/h1-14,21,24H,15-18H2/t21-,24-/m0/s1. The van der Waals surface area contributed by atoms with Crippen LogP contribution in [0, 0.1) is 0 Å². The summed E-state index contributed by atoms with van der Waals surface area (Å²) in [5, 5.41) is 0. The van der Waals surface area contributed by atoms with E-state index < -0.39 is 17.9 Å². The maximum absolute atomic E-state index is 13.7. The van der Waals surface area contributed by atoms with Crippen molar-refractivity contribution in [1.82, 2.24) is 9.80 Å². The monoisotopic (exact) mass is 424 g/mol. The van der Waals surface area contributed by atoms with Gasteiger partial charge in [-0.2, -0.15) is 0 Å². The van der Waals surface area contributed by atoms with Gasteiger partial charge in [-0.3, -0.25) is 19.3 Å². The first-order valence-electron chi connectivity index (χ1n) is 11.0. The van der Waals surface area contributed by atoms with Crippen molar-refractivity contribution in [2.45, 2.75) is 24.8 Å². The quantitative estimate of drug-likeness (QED) is 0.584. The number of benzene rings is 3. The Hall–Kier alpha value is -3.73. The zero-order valence-electron chi connectivity index (χ0n) is 17.7. The number of hydrogen-bond acceptors (Lipinski definition) is 3. The molecule has 1 saturated heterocycles. The number of amides is 3. The lowest BCUT2D eigenvalue weighted by molar-refractivity contribution is -0.134. The molecule has 32 heavy (non-hydrogen) atoms. The summed E-state index contributed by atoms with van der Waals surface area (Å²) >= 11 is 0. The third-order valence-electron chi connectivity index (χ3n) is 6.46. The van der Waals surface area contributed by atoms with Gasteiger partial charge in [0.15, 0.2) is 0 Å². The average Bonchev–Trinajstić information content (AvgIpc) is 3.43. The van der Waals surface area contributed by atoms with Gasteiger partial charge < -0.3 is 4.90 Å². The minimum atomic E-state index is -0.862. The van der Waals surface area contributed by atoms with Crippen LogP contribution in [0.3, 0.4) is 0 Å². The molecule has 2 aliphatic heterocycles. The van der Waals surface area contributed by atoms with Gasteiger partial charge >= 0.3 is 0 Å². The molecule has 160 valence electrons. The fourth-order valence-electron chi connectivity index (χ4n) is 4.79. The molecule has 2 heterocycles. The number of rotatable bonds is 5. The largest absolute Gasteiger partial charge is 0.340 e. The van der Waals surface area contributed by atoms with E-state index in [9.17, 15) is 14.4 Å². The maximum Gasteiger partial charge on any atom is 0.262 e. The highest BCUT2D eigenvalue weighted by molar-refractivity contribution is 6.22. The Bertz CT molecular complexity index is 1120. The Morgan fingerprint density at radius 3 is 2.00 bits per heavy atom. The van der Waals surface area contributed by atoms with E-state index in [1.54, 1.807) is 24.3 Å². The van der Waals surface area contributed by atoms with Gasteiger partial charge in [-0.15, -0.1) is 0 Å². The molecule has 5 rings (SSSR count). The molecule has 3 amide bonds. The topological polar surface area (TPSA) is 57.7 Å². The van der Waals surface area contributed by atoms with Crippen molar-refractivity contribution in [2.75, 3.05) is 13.1 Å². The molecule has 5 nitrogen and oxygen atoms in total. The van der Waals surface area contributed by atoms with Crippen molar-refractivity contribution in [3.8, 4) is 0 Å². The van der Waals surface area contributed by atoms with Gasteiger partial charge in [-0.25, -0.2) is 0 Å². The second kappa shape index (κ2) is 8.42. The number of likely N-dealkylation sites (tertiary alicyclic amines) is 1. The first-order chi connectivity index (χ1) is 15.6. The Morgan fingerprint density at radius 2 is 1.38 bits per heavy atom. The molecule has 2 atom stereocenters. The lowest BCUT2D eigenvalue weighted by atomic mass is 9.99. The van der Waals surface area contributed by atoms with E-state index in [4.69, 9.17) is 0 Å². The predicted octanol–water partition coefficient (Wildman–Crippen LogP) is 3.91. The molecule has 0 radical (unpaired) electrons. The minimum absolute atomic E-state index is 0.165. The van der Waals surface area contributed by atoms with E-state index in [2.05, 4.69) is 12.1 Å². The van der Waals surface area contributed by atoms with Crippen LogP contribution in [-0.2, 0) is 11.2 Å². The van der Waals surface area contributed by atoms with Crippen molar-refractivity contribution in [1.29, 1.82) is 0 Å². The second-order valence-corrected chi connectivity index (χ2v) is 8.41. The minimum Gasteiger partial charge on any atom is -0.340 e. The van der Waals surface area contributed by atoms with E-state index in [1.165, 1.54) is 10.5 Å². The molecule has 0 N–H and O–H groups in total. The van der Waals surface area contributed by atoms with Crippen LogP contribution >= 0.6 is 0 Å². The molecule has 0 spiro atoms. The van der Waals surface area contributed by atoms with Gasteiger partial charge in [0, 0.05) is 25.4 Å². The van der Waals surface area contributed by atoms with E-state index in [1.807, 2.05) is 53.4 Å². The van der Waals surface area contributed by atoms with Crippen molar-refractivity contribution in [3.05, 3.63) is 107 Å². The molecule has 0 saturated carbocycles. The normalized spacial score (nSPS) is 18.7. The van der Waals surface area contributed by atoms with Crippen LogP contribution in [0.25, 0.3) is 0 Å². The van der Waals surface area contributed by atoms with E-state index >= 15 is 0 Å². The zero-order valence-corrected chi connectivity index (χ0v) is 17.7. The molecular weight excluding hydrogens is 400 g/mol. The number of hydrogen-bond donors (Lipinski definition) is 0. The molecule has 5 heteroatoms. The Morgan fingerprint density at radius 1 is 0.812 bits per heavy atom. The van der Waals surface area contributed by atoms with Gasteiger partial charge in [0.2, 0.25) is 5.91 Å². The summed E-state index contributed by atoms with van der Waals surface area (Å²) in [6, 6.07) is 25.7. The Balaban J connectivity index is 1.44. The zero-order chi connectivity index (χ0) is 22.1. The van der Waals surface area contributed by atoms with Gasteiger partial charge in [0.1, 0.15) is 6.04 Å². The van der Waals surface area contributed by atoms with Gasteiger partial charge in [-0.05, 0) is 29.7 Å². The summed E-state index contributed by atoms with van der Waals surface area (Å²) in [7, 11) is 0. The number of carbonyl (C=O) groups excluding carboxylic acids is 3. The number of carbonyl (C=O) groups is 3. The highest BCUT2D eigenvalue weighted by atomic mass is 16.2. The molecule has 0 aromatic heterocycles. The number of fused-ring (bicyclic) bond motifs is 1. The van der Waals surface area contributed by atoms with Crippen LogP contribution in [0.2, 0.25) is 0 Å². The summed E-state index contributed by atoms with van der Waals surface area (Å²) in [6.07, 6.45) is 1.17. The van der Waals surface area contributed by atoms with Crippen LogP contribution in [0.1, 0.15) is 44.2 Å². The molecule has 0 unspecified atom stereocenters. The molecule has 3 aromatic carbocycles. The third kappa shape index (κ3) is 3.60. The van der Waals surface area contributed by atoms with E-state index in [0.29, 0.717) is 30.6 Å². The third-order valence-corrected chi connectivity index (χ3v) is 6.46. The summed E-state index contributed by atoms with van der Waals surface area (Å²) < 4.78 is 0. The average molecular weight is 425 g/mol. The van der Waals surface area contributed by atoms with Crippen LogP contribution in [0.15, 0.2) is 84.9 Å². The number of imide groups is 1. The Kier molecular flexibility index (Phi) is 5.31. The summed E-state index contributed by atoms with van der Waals surface area (Å²) in [6.45, 7) is 1.21. The molecule has 2 aliphatic rings. The molecule has 0 bridgehead atoms. The van der Waals surface area contributed by atoms with E-state index in [-0.39, 0.29) is 11.8 Å². The van der Waals surface area contributed by atoms with Gasteiger partial charge in [0.25, 0.3) is 11.8 Å². The molecule has 0 aliphatic carbocycles. The first-order valence-corrected chi connectivity index (χ1v) is 11.0. The fraction of sp³-hybridized carbons (Fsp3) is 0.222. The first kappa shape index (κ1) is 20.2. The molecule has 3 aromatic rings. The van der Waals surface area contributed by atoms with Gasteiger partial charge in [0.05, 0.1) is 11.1 Å². The fourth-order valence-corrected chi connectivity index (χ4v) is 4.79. The van der Waals surface area contributed by atoms with Crippen molar-refractivity contribution < 1.29 is 14.4 Å². The smallest absolute Gasteiger partial charge is 0.262 e. The van der Waals surface area contributed by atoms with Crippen molar-refractivity contribution in [3.63, 3.8) is 0 Å². The Labute approximate surface area is 187 Å². The summed E-state index contributed by atoms with van der Waals surface area (Å²) in [5.74, 6) is -0.682. The second-order valence-electron chi connectivity index (χ2n) is 8.41. The lowest BCUT2D eigenvalue weighted by Gasteiger charge is -2.29. The lowest BCUT2D eigenvalue weighted by Crippen LogP contribution is -2.51. The SMILES string of the molecule is O=C([C@H](Cc1ccccc1)N1C(=O)c2ccccc2C1=O)N1CC[C@H](c2ccccc2)C1. The van der Waals surface area contributed by atoms with Gasteiger partial charge in [-0.1, -0.05) is 72.8 Å². The van der Waals surface area contributed by atoms with Crippen molar-refractivity contribution in [2.24, 2.45) is 0 Å². The highest BCUT2D eigenvalue weighted by Crippen LogP contribution is 2.31. The molecule has 1 fully saturated rings. The van der Waals surface area contributed by atoms with Crippen LogP contribution in [0.5, 0.6) is 0 Å². The highest BCUT2D eigenvalue weighted by Gasteiger charge is 2.44.